The highest BCUT2D eigenvalue weighted by Crippen LogP contribution is 2.49. The van der Waals surface area contributed by atoms with Crippen molar-refractivity contribution in [2.45, 2.75) is 68.6 Å². The van der Waals surface area contributed by atoms with E-state index in [1.807, 2.05) is 18.0 Å². The van der Waals surface area contributed by atoms with Crippen molar-refractivity contribution in [3.8, 4) is 12.1 Å². The lowest BCUT2D eigenvalue weighted by Crippen LogP contribution is -2.55. The first-order chi connectivity index (χ1) is 19.8. The highest BCUT2D eigenvalue weighted by atomic mass is 19.1. The van der Waals surface area contributed by atoms with Gasteiger partial charge < -0.3 is 14.5 Å². The quantitative estimate of drug-likeness (QED) is 0.498. The Bertz CT molecular complexity index is 1400. The van der Waals surface area contributed by atoms with E-state index in [4.69, 9.17) is 14.7 Å². The molecular formula is C31H36F2N6O2. The Hall–Kier alpha value is -3.58. The predicted octanol–water partition coefficient (Wildman–Crippen LogP) is 3.53. The largest absolute Gasteiger partial charge is 0.462 e. The number of benzene rings is 1. The van der Waals surface area contributed by atoms with Crippen molar-refractivity contribution in [1.29, 1.82) is 5.26 Å². The van der Waals surface area contributed by atoms with Gasteiger partial charge in [0.1, 0.15) is 24.4 Å². The highest BCUT2D eigenvalue weighted by Gasteiger charge is 2.44. The maximum absolute atomic E-state index is 14.0. The fourth-order valence-electron chi connectivity index (χ4n) is 7.35. The molecule has 2 fully saturated rings. The van der Waals surface area contributed by atoms with Gasteiger partial charge in [-0.3, -0.25) is 9.69 Å². The van der Waals surface area contributed by atoms with Crippen LogP contribution in [0.5, 0.6) is 6.01 Å². The molecule has 216 valence electrons. The summed E-state index contributed by atoms with van der Waals surface area (Å²) in [5.74, 6) is 0.406. The van der Waals surface area contributed by atoms with E-state index in [0.29, 0.717) is 45.6 Å². The zero-order chi connectivity index (χ0) is 28.7. The number of aryl methyl sites for hydroxylation is 1. The lowest BCUT2D eigenvalue weighted by atomic mass is 9.69. The molecule has 4 atom stereocenters. The second-order valence-electron chi connectivity index (χ2n) is 11.9. The molecule has 41 heavy (non-hydrogen) atoms. The van der Waals surface area contributed by atoms with E-state index in [1.165, 1.54) is 11.6 Å². The molecule has 1 amide bonds. The number of halogens is 2. The van der Waals surface area contributed by atoms with Gasteiger partial charge in [0.2, 0.25) is 5.91 Å². The summed E-state index contributed by atoms with van der Waals surface area (Å²) in [5, 5.41) is 9.48. The van der Waals surface area contributed by atoms with Crippen molar-refractivity contribution in [2.75, 3.05) is 44.7 Å². The first kappa shape index (κ1) is 27.6. The SMILES string of the molecule is C=CC(=O)N1CCN(c2nc(OCC3CC(F)CN3C)nc3c2CCC2(CCc4cc(F)ccc42)C3)CC1CC#N. The lowest BCUT2D eigenvalue weighted by Gasteiger charge is -2.42. The summed E-state index contributed by atoms with van der Waals surface area (Å²) in [6.45, 7) is 5.80. The Morgan fingerprint density at radius 3 is 2.83 bits per heavy atom. The maximum atomic E-state index is 14.0. The second kappa shape index (κ2) is 11.0. The number of alkyl halides is 1. The number of piperazine rings is 1. The average molecular weight is 563 g/mol. The van der Waals surface area contributed by atoms with Gasteiger partial charge in [0, 0.05) is 43.2 Å². The number of aromatic nitrogens is 2. The first-order valence-electron chi connectivity index (χ1n) is 14.5. The molecule has 2 saturated heterocycles. The Morgan fingerprint density at radius 2 is 2.07 bits per heavy atom. The number of anilines is 1. The fraction of sp³-hybridized carbons (Fsp3) is 0.548. The number of hydrogen-bond acceptors (Lipinski definition) is 7. The zero-order valence-corrected chi connectivity index (χ0v) is 23.5. The van der Waals surface area contributed by atoms with Gasteiger partial charge in [0.15, 0.2) is 0 Å². The van der Waals surface area contributed by atoms with Crippen molar-refractivity contribution in [1.82, 2.24) is 19.8 Å². The number of amides is 1. The van der Waals surface area contributed by atoms with E-state index >= 15 is 0 Å². The number of nitriles is 1. The molecule has 2 aliphatic heterocycles. The number of fused-ring (bicyclic) bond motifs is 3. The number of hydrogen-bond donors (Lipinski definition) is 0. The molecule has 1 aromatic carbocycles. The second-order valence-corrected chi connectivity index (χ2v) is 11.9. The van der Waals surface area contributed by atoms with Crippen LogP contribution in [0.15, 0.2) is 30.9 Å². The Kier molecular flexibility index (Phi) is 7.41. The van der Waals surface area contributed by atoms with Gasteiger partial charge in [-0.2, -0.15) is 15.2 Å². The third kappa shape index (κ3) is 5.16. The molecule has 2 aromatic rings. The van der Waals surface area contributed by atoms with Crippen molar-refractivity contribution in [2.24, 2.45) is 0 Å². The first-order valence-corrected chi connectivity index (χ1v) is 14.5. The van der Waals surface area contributed by atoms with Gasteiger partial charge in [-0.25, -0.2) is 8.78 Å². The number of likely N-dealkylation sites (tertiary alicyclic amines) is 1. The topological polar surface area (TPSA) is 85.6 Å². The number of nitrogens with zero attached hydrogens (tertiary/aromatic N) is 6. The van der Waals surface area contributed by atoms with Gasteiger partial charge in [-0.1, -0.05) is 12.6 Å². The summed E-state index contributed by atoms with van der Waals surface area (Å²) in [4.78, 5) is 28.1. The van der Waals surface area contributed by atoms with Crippen LogP contribution in [-0.2, 0) is 29.5 Å². The van der Waals surface area contributed by atoms with E-state index in [0.717, 1.165) is 48.3 Å². The Balaban J connectivity index is 1.33. The van der Waals surface area contributed by atoms with Crippen molar-refractivity contribution < 1.29 is 18.3 Å². The van der Waals surface area contributed by atoms with Crippen LogP contribution in [0.3, 0.4) is 0 Å². The smallest absolute Gasteiger partial charge is 0.318 e. The predicted molar refractivity (Wildman–Crippen MR) is 150 cm³/mol. The van der Waals surface area contributed by atoms with Crippen LogP contribution in [0.4, 0.5) is 14.6 Å². The zero-order valence-electron chi connectivity index (χ0n) is 23.5. The number of carbonyl (C=O) groups is 1. The summed E-state index contributed by atoms with van der Waals surface area (Å²) in [7, 11) is 1.90. The van der Waals surface area contributed by atoms with E-state index in [2.05, 4.69) is 17.5 Å². The lowest BCUT2D eigenvalue weighted by molar-refractivity contribution is -0.128. The third-order valence-electron chi connectivity index (χ3n) is 9.53. The van der Waals surface area contributed by atoms with Gasteiger partial charge >= 0.3 is 6.01 Å². The van der Waals surface area contributed by atoms with Gasteiger partial charge in [-0.05, 0) is 74.9 Å². The fourth-order valence-corrected chi connectivity index (χ4v) is 7.35. The highest BCUT2D eigenvalue weighted by molar-refractivity contribution is 5.87. The molecule has 10 heteroatoms. The normalized spacial score (nSPS) is 27.4. The van der Waals surface area contributed by atoms with Crippen molar-refractivity contribution in [3.63, 3.8) is 0 Å². The molecule has 1 aromatic heterocycles. The van der Waals surface area contributed by atoms with Crippen LogP contribution in [0, 0.1) is 17.1 Å². The van der Waals surface area contributed by atoms with Gasteiger partial charge in [0.05, 0.1) is 24.2 Å². The Labute approximate surface area is 239 Å². The van der Waals surface area contributed by atoms with Gasteiger partial charge in [0.25, 0.3) is 0 Å². The van der Waals surface area contributed by atoms with Crippen LogP contribution in [-0.4, -0.2) is 83.8 Å². The van der Waals surface area contributed by atoms with Crippen LogP contribution in [0.1, 0.15) is 48.1 Å². The monoisotopic (exact) mass is 562 g/mol. The van der Waals surface area contributed by atoms with Crippen LogP contribution in [0.2, 0.25) is 0 Å². The number of ether oxygens (including phenoxy) is 1. The van der Waals surface area contributed by atoms with Crippen molar-refractivity contribution in [3.05, 3.63) is 59.1 Å². The number of likely N-dealkylation sites (N-methyl/N-ethyl adjacent to an activating group) is 1. The minimum Gasteiger partial charge on any atom is -0.462 e. The molecule has 0 bridgehead atoms. The molecule has 0 saturated carbocycles. The van der Waals surface area contributed by atoms with Crippen LogP contribution >= 0.6 is 0 Å². The summed E-state index contributed by atoms with van der Waals surface area (Å²) < 4.78 is 34.2. The van der Waals surface area contributed by atoms with E-state index in [1.54, 1.807) is 17.0 Å². The minimum absolute atomic E-state index is 0.0514. The van der Waals surface area contributed by atoms with Gasteiger partial charge in [-0.15, -0.1) is 0 Å². The molecule has 4 unspecified atom stereocenters. The molecule has 3 heterocycles. The van der Waals surface area contributed by atoms with E-state index in [-0.39, 0.29) is 41.7 Å². The molecule has 0 N–H and O–H groups in total. The third-order valence-corrected chi connectivity index (χ3v) is 9.53. The molecular weight excluding hydrogens is 526 g/mol. The molecule has 6 rings (SSSR count). The number of rotatable bonds is 6. The number of carbonyl (C=O) groups excluding carboxylic acids is 1. The minimum atomic E-state index is -0.868. The maximum Gasteiger partial charge on any atom is 0.318 e. The van der Waals surface area contributed by atoms with E-state index < -0.39 is 6.17 Å². The molecule has 0 radical (unpaired) electrons. The van der Waals surface area contributed by atoms with E-state index in [9.17, 15) is 18.8 Å². The summed E-state index contributed by atoms with van der Waals surface area (Å²) in [6.07, 6.45) is 5.23. The Morgan fingerprint density at radius 1 is 1.24 bits per heavy atom. The van der Waals surface area contributed by atoms with Crippen LogP contribution in [0.25, 0.3) is 0 Å². The van der Waals surface area contributed by atoms with Crippen molar-refractivity contribution >= 4 is 11.7 Å². The summed E-state index contributed by atoms with van der Waals surface area (Å²) >= 11 is 0. The molecule has 2 aliphatic carbocycles. The average Bonchev–Trinajstić information content (AvgIpc) is 3.48. The summed E-state index contributed by atoms with van der Waals surface area (Å²) in [5.41, 5.74) is 4.17. The summed E-state index contributed by atoms with van der Waals surface area (Å²) in [6, 6.07) is 7.31. The molecule has 1 spiro atoms. The van der Waals surface area contributed by atoms with Crippen LogP contribution < -0.4 is 9.64 Å². The standard InChI is InChI=1S/C31H36F2N6O2/c1-3-28(40)39-13-12-38(18-23(39)8-11-34)29-25-7-10-31(9-6-20-14-21(32)4-5-26(20)31)16-27(25)35-30(36-29)41-19-24-15-22(33)17-37(24)2/h3-5,14,22-24H,1,6-10,12-13,15-19H2,2H3. The molecule has 8 nitrogen and oxygen atoms in total. The molecule has 4 aliphatic rings.